The quantitative estimate of drug-likeness (QED) is 0.873. The summed E-state index contributed by atoms with van der Waals surface area (Å²) in [5.74, 6) is 0.134. The molecular weight excluding hydrogens is 320 g/mol. The number of benzene rings is 1. The fraction of sp³-hybridized carbons (Fsp3) is 0.556. The molecule has 1 aromatic rings. The molecule has 2 heterocycles. The van der Waals surface area contributed by atoms with E-state index in [0.29, 0.717) is 13.2 Å². The van der Waals surface area contributed by atoms with E-state index in [4.69, 9.17) is 4.74 Å². The first kappa shape index (κ1) is 17.5. The molecule has 0 atom stereocenters. The van der Waals surface area contributed by atoms with E-state index in [0.717, 1.165) is 50.4 Å². The molecule has 2 aliphatic heterocycles. The van der Waals surface area contributed by atoms with Crippen molar-refractivity contribution in [2.45, 2.75) is 25.8 Å². The summed E-state index contributed by atoms with van der Waals surface area (Å²) in [6.07, 6.45) is 1.72. The first-order valence-corrected chi connectivity index (χ1v) is 8.87. The van der Waals surface area contributed by atoms with Gasteiger partial charge in [-0.3, -0.25) is 4.79 Å². The van der Waals surface area contributed by atoms with E-state index in [1.165, 1.54) is 0 Å². The van der Waals surface area contributed by atoms with Crippen molar-refractivity contribution in [1.82, 2.24) is 10.2 Å². The molecule has 7 heteroatoms. The molecule has 2 saturated heterocycles. The summed E-state index contributed by atoms with van der Waals surface area (Å²) in [4.78, 5) is 27.6. The van der Waals surface area contributed by atoms with Crippen LogP contribution in [0.15, 0.2) is 24.3 Å². The topological polar surface area (TPSA) is 73.9 Å². The van der Waals surface area contributed by atoms with Gasteiger partial charge < -0.3 is 25.2 Å². The average molecular weight is 346 g/mol. The summed E-state index contributed by atoms with van der Waals surface area (Å²) < 4.78 is 5.29. The maximum atomic E-state index is 12.1. The molecule has 0 aliphatic carbocycles. The lowest BCUT2D eigenvalue weighted by Crippen LogP contribution is -2.48. The van der Waals surface area contributed by atoms with Gasteiger partial charge in [-0.2, -0.15) is 0 Å². The third-order valence-corrected chi connectivity index (χ3v) is 4.77. The molecule has 25 heavy (non-hydrogen) atoms. The van der Waals surface area contributed by atoms with E-state index in [1.807, 2.05) is 29.2 Å². The summed E-state index contributed by atoms with van der Waals surface area (Å²) >= 11 is 0. The van der Waals surface area contributed by atoms with Gasteiger partial charge in [0.15, 0.2) is 0 Å². The van der Waals surface area contributed by atoms with Crippen LogP contribution in [0, 0.1) is 0 Å². The van der Waals surface area contributed by atoms with Crippen molar-refractivity contribution in [2.75, 3.05) is 49.6 Å². The van der Waals surface area contributed by atoms with E-state index in [1.54, 1.807) is 6.92 Å². The van der Waals surface area contributed by atoms with Crippen LogP contribution in [0.1, 0.15) is 19.8 Å². The molecule has 1 aromatic carbocycles. The predicted molar refractivity (Wildman–Crippen MR) is 96.9 cm³/mol. The molecule has 2 fully saturated rings. The number of urea groups is 1. The highest BCUT2D eigenvalue weighted by Crippen LogP contribution is 2.19. The number of carbonyl (C=O) groups excluding carboxylic acids is 2. The maximum Gasteiger partial charge on any atom is 0.319 e. The second-order valence-electron chi connectivity index (χ2n) is 6.53. The number of piperazine rings is 1. The fourth-order valence-corrected chi connectivity index (χ4v) is 3.23. The molecule has 7 nitrogen and oxygen atoms in total. The lowest BCUT2D eigenvalue weighted by molar-refractivity contribution is -0.129. The van der Waals surface area contributed by atoms with Gasteiger partial charge in [-0.15, -0.1) is 0 Å². The molecule has 0 spiro atoms. The van der Waals surface area contributed by atoms with Crippen LogP contribution in [0.25, 0.3) is 0 Å². The Hall–Kier alpha value is -2.28. The second kappa shape index (κ2) is 8.20. The lowest BCUT2D eigenvalue weighted by atomic mass is 10.1. The van der Waals surface area contributed by atoms with Crippen molar-refractivity contribution in [1.29, 1.82) is 0 Å². The van der Waals surface area contributed by atoms with Crippen molar-refractivity contribution in [2.24, 2.45) is 0 Å². The third-order valence-electron chi connectivity index (χ3n) is 4.77. The Morgan fingerprint density at radius 3 is 2.28 bits per heavy atom. The average Bonchev–Trinajstić information content (AvgIpc) is 2.63. The van der Waals surface area contributed by atoms with Gasteiger partial charge in [-0.25, -0.2) is 4.79 Å². The van der Waals surface area contributed by atoms with Gasteiger partial charge in [0.1, 0.15) is 0 Å². The van der Waals surface area contributed by atoms with Gasteiger partial charge in [0, 0.05) is 63.7 Å². The van der Waals surface area contributed by atoms with Gasteiger partial charge in [0.2, 0.25) is 5.91 Å². The van der Waals surface area contributed by atoms with Gasteiger partial charge >= 0.3 is 6.03 Å². The number of hydrogen-bond donors (Lipinski definition) is 2. The molecule has 0 bridgehead atoms. The summed E-state index contributed by atoms with van der Waals surface area (Å²) in [5.41, 5.74) is 1.88. The monoisotopic (exact) mass is 346 g/mol. The zero-order chi connectivity index (χ0) is 17.6. The van der Waals surface area contributed by atoms with Gasteiger partial charge in [0.05, 0.1) is 0 Å². The lowest BCUT2D eigenvalue weighted by Gasteiger charge is -2.35. The Balaban J connectivity index is 1.48. The van der Waals surface area contributed by atoms with Crippen molar-refractivity contribution in [3.05, 3.63) is 24.3 Å². The van der Waals surface area contributed by atoms with E-state index in [-0.39, 0.29) is 18.0 Å². The van der Waals surface area contributed by atoms with Crippen LogP contribution in [0.5, 0.6) is 0 Å². The summed E-state index contributed by atoms with van der Waals surface area (Å²) in [6.45, 7) is 6.19. The highest BCUT2D eigenvalue weighted by molar-refractivity contribution is 5.89. The Bertz CT molecular complexity index is 591. The van der Waals surface area contributed by atoms with E-state index in [2.05, 4.69) is 15.5 Å². The third kappa shape index (κ3) is 4.85. The highest BCUT2D eigenvalue weighted by atomic mass is 16.5. The number of carbonyl (C=O) groups is 2. The van der Waals surface area contributed by atoms with Crippen LogP contribution in [-0.2, 0) is 9.53 Å². The Kier molecular flexibility index (Phi) is 5.75. The van der Waals surface area contributed by atoms with Crippen LogP contribution in [0.2, 0.25) is 0 Å². The van der Waals surface area contributed by atoms with Crippen LogP contribution in [0.4, 0.5) is 16.2 Å². The second-order valence-corrected chi connectivity index (χ2v) is 6.53. The number of hydrogen-bond acceptors (Lipinski definition) is 4. The van der Waals surface area contributed by atoms with Gasteiger partial charge in [-0.1, -0.05) is 0 Å². The molecule has 0 radical (unpaired) electrons. The first-order chi connectivity index (χ1) is 12.1. The Labute approximate surface area is 148 Å². The zero-order valence-electron chi connectivity index (χ0n) is 14.7. The molecule has 2 N–H and O–H groups in total. The molecule has 2 aliphatic rings. The van der Waals surface area contributed by atoms with E-state index < -0.39 is 0 Å². The Morgan fingerprint density at radius 1 is 1.04 bits per heavy atom. The molecular formula is C18H26N4O3. The minimum Gasteiger partial charge on any atom is -0.381 e. The Morgan fingerprint density at radius 2 is 1.68 bits per heavy atom. The first-order valence-electron chi connectivity index (χ1n) is 8.87. The number of anilines is 2. The highest BCUT2D eigenvalue weighted by Gasteiger charge is 2.19. The molecule has 3 amide bonds. The predicted octanol–water partition coefficient (Wildman–Crippen LogP) is 1.66. The van der Waals surface area contributed by atoms with E-state index in [9.17, 15) is 9.59 Å². The van der Waals surface area contributed by atoms with Crippen molar-refractivity contribution < 1.29 is 14.3 Å². The standard InChI is InChI=1S/C18H26N4O3/c1-14(23)21-8-10-22(11-9-21)17-4-2-15(3-5-17)19-18(24)20-16-6-12-25-13-7-16/h2-5,16H,6-13H2,1H3,(H2,19,20,24). The summed E-state index contributed by atoms with van der Waals surface area (Å²) in [6, 6.07) is 7.85. The number of ether oxygens (including phenoxy) is 1. The van der Waals surface area contributed by atoms with Gasteiger partial charge in [-0.05, 0) is 37.1 Å². The smallest absolute Gasteiger partial charge is 0.319 e. The molecule has 0 aromatic heterocycles. The number of rotatable bonds is 3. The van der Waals surface area contributed by atoms with Crippen molar-refractivity contribution in [3.8, 4) is 0 Å². The van der Waals surface area contributed by atoms with Crippen LogP contribution in [-0.4, -0.2) is 62.3 Å². The molecule has 0 unspecified atom stereocenters. The fourth-order valence-electron chi connectivity index (χ4n) is 3.23. The molecule has 3 rings (SSSR count). The van der Waals surface area contributed by atoms with E-state index >= 15 is 0 Å². The van der Waals surface area contributed by atoms with Crippen molar-refractivity contribution >= 4 is 23.3 Å². The maximum absolute atomic E-state index is 12.1. The zero-order valence-corrected chi connectivity index (χ0v) is 14.7. The minimum atomic E-state index is -0.172. The van der Waals surface area contributed by atoms with Crippen molar-refractivity contribution in [3.63, 3.8) is 0 Å². The molecule has 0 saturated carbocycles. The SMILES string of the molecule is CC(=O)N1CCN(c2ccc(NC(=O)NC3CCOCC3)cc2)CC1. The number of nitrogens with one attached hydrogen (secondary N) is 2. The largest absolute Gasteiger partial charge is 0.381 e. The normalized spacial score (nSPS) is 18.8. The van der Waals surface area contributed by atoms with Gasteiger partial charge in [0.25, 0.3) is 0 Å². The summed E-state index contributed by atoms with van der Waals surface area (Å²) in [5, 5.41) is 5.86. The summed E-state index contributed by atoms with van der Waals surface area (Å²) in [7, 11) is 0. The van der Waals surface area contributed by atoms with Crippen LogP contribution >= 0.6 is 0 Å². The minimum absolute atomic E-state index is 0.134. The molecule has 136 valence electrons. The van der Waals surface area contributed by atoms with Crippen LogP contribution < -0.4 is 15.5 Å². The van der Waals surface area contributed by atoms with Crippen LogP contribution in [0.3, 0.4) is 0 Å². The number of nitrogens with zero attached hydrogens (tertiary/aromatic N) is 2. The number of amides is 3.